The van der Waals surface area contributed by atoms with Gasteiger partial charge in [0.2, 0.25) is 10.0 Å². The first-order valence-corrected chi connectivity index (χ1v) is 23.2. The maximum Gasteiger partial charge on any atom is 0.219 e. The minimum Gasteiger partial charge on any atom is -0.364 e. The molecule has 43 heavy (non-hydrogen) atoms. The Hall–Kier alpha value is -1.12. The molecule has 246 valence electrons. The van der Waals surface area contributed by atoms with E-state index in [9.17, 15) is 8.42 Å². The molecule has 2 aliphatic heterocycles. The zero-order valence-electron chi connectivity index (χ0n) is 27.4. The number of ether oxygens (including phenoxy) is 2. The second-order valence-electron chi connectivity index (χ2n) is 14.5. The molecule has 4 aliphatic rings. The largest absolute Gasteiger partial charge is 0.364 e. The van der Waals surface area contributed by atoms with E-state index >= 15 is 0 Å². The van der Waals surface area contributed by atoms with Crippen molar-refractivity contribution < 1.29 is 17.9 Å². The third-order valence-electron chi connectivity index (χ3n) is 9.17. The van der Waals surface area contributed by atoms with Crippen molar-refractivity contribution in [3.8, 4) is 0 Å². The number of fused-ring (bicyclic) bond motifs is 3. The Morgan fingerprint density at radius 1 is 0.977 bits per heavy atom. The third-order valence-corrected chi connectivity index (χ3v) is 14.3. The predicted octanol–water partition coefficient (Wildman–Crippen LogP) is 4.20. The van der Waals surface area contributed by atoms with Crippen molar-refractivity contribution in [2.24, 2.45) is 10.9 Å². The minimum atomic E-state index is -3.40. The number of aliphatic imine (C=N–C) groups is 1. The summed E-state index contributed by atoms with van der Waals surface area (Å²) in [6, 6.07) is -0.0912. The first-order chi connectivity index (χ1) is 20.2. The van der Waals surface area contributed by atoms with Crippen LogP contribution in [0.3, 0.4) is 0 Å². The van der Waals surface area contributed by atoms with Crippen molar-refractivity contribution >= 4 is 36.3 Å². The summed E-state index contributed by atoms with van der Waals surface area (Å²) in [5, 5.41) is 9.07. The fourth-order valence-electron chi connectivity index (χ4n) is 6.52. The Labute approximate surface area is 262 Å². The smallest absolute Gasteiger partial charge is 0.219 e. The Kier molecular flexibility index (Phi) is 10.0. The van der Waals surface area contributed by atoms with Gasteiger partial charge in [0.1, 0.15) is 31.5 Å². The van der Waals surface area contributed by atoms with Crippen LogP contribution in [-0.2, 0) is 19.5 Å². The summed E-state index contributed by atoms with van der Waals surface area (Å²) >= 11 is 0. The quantitative estimate of drug-likeness (QED) is 0.206. The second-order valence-corrected chi connectivity index (χ2v) is 25.9. The van der Waals surface area contributed by atoms with Gasteiger partial charge in [0.05, 0.1) is 24.7 Å². The molecule has 3 heterocycles. The molecular formula is C30H54N6O4S3. The molecule has 2 saturated carbocycles. The van der Waals surface area contributed by atoms with Crippen LogP contribution in [0.1, 0.15) is 69.6 Å². The molecule has 0 saturated heterocycles. The molecule has 5 atom stereocenters. The molecule has 13 heteroatoms. The first-order valence-electron chi connectivity index (χ1n) is 15.6. The van der Waals surface area contributed by atoms with Crippen molar-refractivity contribution in [2.45, 2.75) is 75.4 Å². The molecule has 2 unspecified atom stereocenters. The Balaban J connectivity index is 1.33. The number of aromatic nitrogens is 3. The van der Waals surface area contributed by atoms with Crippen LogP contribution in [0.15, 0.2) is 16.8 Å². The zero-order chi connectivity index (χ0) is 31.2. The normalized spacial score (nSPS) is 28.3. The van der Waals surface area contributed by atoms with Crippen LogP contribution < -0.4 is 0 Å². The van der Waals surface area contributed by atoms with E-state index in [0.717, 1.165) is 61.9 Å². The van der Waals surface area contributed by atoms with Crippen molar-refractivity contribution in [3.63, 3.8) is 0 Å². The summed E-state index contributed by atoms with van der Waals surface area (Å²) in [5.41, 5.74) is 1.21. The third kappa shape index (κ3) is 7.65. The molecule has 2 fully saturated rings. The van der Waals surface area contributed by atoms with E-state index in [0.29, 0.717) is 19.3 Å². The van der Waals surface area contributed by atoms with E-state index in [1.54, 1.807) is 4.31 Å². The van der Waals surface area contributed by atoms with Gasteiger partial charge in [-0.2, -0.15) is 4.31 Å². The minimum absolute atomic E-state index is 0.00734. The van der Waals surface area contributed by atoms with Crippen LogP contribution in [0, 0.1) is 5.92 Å². The summed E-state index contributed by atoms with van der Waals surface area (Å²) in [7, 11) is -4.70. The van der Waals surface area contributed by atoms with E-state index in [1.807, 2.05) is 6.21 Å². The SMILES string of the molecule is CC[C@@H]1C[C@H](N(COCCS(C)(C)C)S(=O)(=O)C2CC2)C[C@@H]1c1nnc2n1C1C(C)=CN(COCCS(C)(C)C)C1N=C2. The molecule has 1 aromatic heterocycles. The number of sulfonamides is 1. The lowest BCUT2D eigenvalue weighted by Crippen LogP contribution is -2.42. The van der Waals surface area contributed by atoms with Gasteiger partial charge in [0.15, 0.2) is 5.82 Å². The first kappa shape index (κ1) is 33.2. The van der Waals surface area contributed by atoms with E-state index in [1.165, 1.54) is 5.57 Å². The molecule has 0 radical (unpaired) electrons. The number of hydrogen-bond acceptors (Lipinski definition) is 8. The average Bonchev–Trinajstić information content (AvgIpc) is 3.46. The number of rotatable bonds is 15. The van der Waals surface area contributed by atoms with Crippen LogP contribution in [-0.4, -0.2) is 132 Å². The van der Waals surface area contributed by atoms with Crippen molar-refractivity contribution in [1.82, 2.24) is 24.0 Å². The molecule has 2 aliphatic carbocycles. The summed E-state index contributed by atoms with van der Waals surface area (Å²) in [5.74, 6) is 4.22. The number of nitrogens with zero attached hydrogens (tertiary/aromatic N) is 6. The molecule has 1 aromatic rings. The van der Waals surface area contributed by atoms with Crippen LogP contribution in [0.2, 0.25) is 0 Å². The van der Waals surface area contributed by atoms with Gasteiger partial charge in [0, 0.05) is 29.7 Å². The highest BCUT2D eigenvalue weighted by Crippen LogP contribution is 2.47. The highest BCUT2D eigenvalue weighted by Gasteiger charge is 2.49. The topological polar surface area (TPSA) is 102 Å². The van der Waals surface area contributed by atoms with Gasteiger partial charge in [0.25, 0.3) is 0 Å². The molecule has 0 amide bonds. The monoisotopic (exact) mass is 658 g/mol. The molecule has 10 nitrogen and oxygen atoms in total. The molecule has 0 spiro atoms. The van der Waals surface area contributed by atoms with E-state index in [2.05, 4.69) is 72.1 Å². The molecular weight excluding hydrogens is 605 g/mol. The van der Waals surface area contributed by atoms with Gasteiger partial charge in [-0.05, 0) is 81.6 Å². The average molecular weight is 659 g/mol. The Morgan fingerprint density at radius 3 is 2.28 bits per heavy atom. The molecule has 0 bridgehead atoms. The molecule has 0 aromatic carbocycles. The summed E-state index contributed by atoms with van der Waals surface area (Å²) in [6.45, 7) is 6.35. The fourth-order valence-corrected chi connectivity index (χ4v) is 9.68. The standard InChI is InChI=1S/C30H54N6O4S3/c1-9-23-16-24(35(43(37,38)25-10-11-25)21-40-13-15-42(6,7)8)17-26(23)29-33-32-27-18-31-30-28(36(27)29)22(2)19-34(30)20-39-12-14-41(3,4)5/h18-19,23-26,28,30H,9-17,20-21H2,1-8H3/t23-,24+,26+,28?,30?/m1/s1. The van der Waals surface area contributed by atoms with Crippen molar-refractivity contribution in [2.75, 3.05) is 75.7 Å². The second kappa shape index (κ2) is 12.9. The Bertz CT molecular complexity index is 1300. The fraction of sp³-hybridized carbons (Fsp3) is 0.833. The number of hydrogen-bond donors (Lipinski definition) is 0. The van der Waals surface area contributed by atoms with E-state index in [-0.39, 0.29) is 36.1 Å². The van der Waals surface area contributed by atoms with Gasteiger partial charge in [-0.3, -0.25) is 9.56 Å². The van der Waals surface area contributed by atoms with Gasteiger partial charge in [-0.25, -0.2) is 28.5 Å². The zero-order valence-corrected chi connectivity index (χ0v) is 29.9. The van der Waals surface area contributed by atoms with E-state index < -0.39 is 30.1 Å². The van der Waals surface area contributed by atoms with E-state index in [4.69, 9.17) is 19.6 Å². The highest BCUT2D eigenvalue weighted by molar-refractivity contribution is 8.32. The van der Waals surface area contributed by atoms with Crippen LogP contribution in [0.5, 0.6) is 0 Å². The summed E-state index contributed by atoms with van der Waals surface area (Å²) in [4.78, 5) is 7.07. The van der Waals surface area contributed by atoms with Crippen LogP contribution in [0.4, 0.5) is 0 Å². The molecule has 5 rings (SSSR count). The lowest BCUT2D eigenvalue weighted by Gasteiger charge is -2.32. The highest BCUT2D eigenvalue weighted by atomic mass is 32.3. The van der Waals surface area contributed by atoms with Crippen LogP contribution >= 0.6 is 20.1 Å². The maximum absolute atomic E-state index is 13.7. The lowest BCUT2D eigenvalue weighted by atomic mass is 9.92. The maximum atomic E-state index is 13.7. The Morgan fingerprint density at radius 2 is 1.65 bits per heavy atom. The molecule has 0 N–H and O–H groups in total. The van der Waals surface area contributed by atoms with Gasteiger partial charge < -0.3 is 14.4 Å². The summed E-state index contributed by atoms with van der Waals surface area (Å²) < 4.78 is 43.5. The van der Waals surface area contributed by atoms with Crippen LogP contribution in [0.25, 0.3) is 0 Å². The summed E-state index contributed by atoms with van der Waals surface area (Å²) in [6.07, 6.45) is 21.7. The van der Waals surface area contributed by atoms with Crippen molar-refractivity contribution in [1.29, 1.82) is 0 Å². The van der Waals surface area contributed by atoms with Crippen molar-refractivity contribution in [3.05, 3.63) is 23.4 Å². The van der Waals surface area contributed by atoms with Gasteiger partial charge in [-0.1, -0.05) is 13.3 Å². The predicted molar refractivity (Wildman–Crippen MR) is 181 cm³/mol. The van der Waals surface area contributed by atoms with Gasteiger partial charge >= 0.3 is 0 Å². The van der Waals surface area contributed by atoms with Gasteiger partial charge in [-0.15, -0.1) is 10.2 Å². The lowest BCUT2D eigenvalue weighted by molar-refractivity contribution is 0.0422.